The van der Waals surface area contributed by atoms with Crippen molar-refractivity contribution in [2.75, 3.05) is 17.2 Å². The quantitative estimate of drug-likeness (QED) is 0.821. The zero-order valence-electron chi connectivity index (χ0n) is 9.94. The molecule has 0 fully saturated rings. The highest BCUT2D eigenvalue weighted by molar-refractivity contribution is 5.42. The third kappa shape index (κ3) is 3.38. The van der Waals surface area contributed by atoms with Crippen LogP contribution >= 0.6 is 0 Å². The first kappa shape index (κ1) is 11.8. The molecule has 2 N–H and O–H groups in total. The lowest BCUT2D eigenvalue weighted by Crippen LogP contribution is -2.35. The third-order valence-corrected chi connectivity index (χ3v) is 2.12. The second-order valence-corrected chi connectivity index (χ2v) is 4.44. The van der Waals surface area contributed by atoms with Crippen LogP contribution in [-0.2, 0) is 0 Å². The van der Waals surface area contributed by atoms with Crippen LogP contribution in [0.4, 0.5) is 11.6 Å². The van der Waals surface area contributed by atoms with Gasteiger partial charge in [0.2, 0.25) is 0 Å². The van der Waals surface area contributed by atoms with Crippen molar-refractivity contribution in [3.63, 3.8) is 0 Å². The number of aromatic nitrogens is 2. The highest BCUT2D eigenvalue weighted by Gasteiger charge is 2.13. The van der Waals surface area contributed by atoms with Gasteiger partial charge in [0, 0.05) is 12.6 Å². The van der Waals surface area contributed by atoms with Crippen LogP contribution in [0.5, 0.6) is 0 Å². The van der Waals surface area contributed by atoms with Gasteiger partial charge in [0.1, 0.15) is 11.6 Å². The SMILES string of the molecule is CC(C)CN(c1cncc(N)n1)C(C)C. The first-order valence-corrected chi connectivity index (χ1v) is 5.35. The van der Waals surface area contributed by atoms with Crippen molar-refractivity contribution in [2.24, 2.45) is 5.92 Å². The Morgan fingerprint density at radius 1 is 1.27 bits per heavy atom. The van der Waals surface area contributed by atoms with E-state index < -0.39 is 0 Å². The highest BCUT2D eigenvalue weighted by atomic mass is 15.2. The number of anilines is 2. The average Bonchev–Trinajstić information content (AvgIpc) is 2.13. The van der Waals surface area contributed by atoms with Crippen molar-refractivity contribution < 1.29 is 0 Å². The van der Waals surface area contributed by atoms with Crippen molar-refractivity contribution in [1.29, 1.82) is 0 Å². The predicted molar refractivity (Wildman–Crippen MR) is 63.8 cm³/mol. The average molecular weight is 208 g/mol. The summed E-state index contributed by atoms with van der Waals surface area (Å²) in [4.78, 5) is 10.6. The largest absolute Gasteiger partial charge is 0.382 e. The number of nitrogen functional groups attached to an aromatic ring is 1. The maximum absolute atomic E-state index is 5.63. The molecule has 15 heavy (non-hydrogen) atoms. The molecule has 4 nitrogen and oxygen atoms in total. The zero-order valence-corrected chi connectivity index (χ0v) is 9.94. The maximum Gasteiger partial charge on any atom is 0.149 e. The van der Waals surface area contributed by atoms with Crippen LogP contribution in [0.1, 0.15) is 27.7 Å². The van der Waals surface area contributed by atoms with Gasteiger partial charge in [-0.25, -0.2) is 4.98 Å². The highest BCUT2D eigenvalue weighted by Crippen LogP contribution is 2.15. The molecule has 0 atom stereocenters. The lowest BCUT2D eigenvalue weighted by atomic mass is 10.2. The van der Waals surface area contributed by atoms with E-state index in [1.807, 2.05) is 0 Å². The molecule has 0 unspecified atom stereocenters. The maximum atomic E-state index is 5.63. The fraction of sp³-hybridized carbons (Fsp3) is 0.636. The lowest BCUT2D eigenvalue weighted by molar-refractivity contribution is 0.565. The molecular formula is C11H20N4. The Bertz CT molecular complexity index is 309. The van der Waals surface area contributed by atoms with Gasteiger partial charge in [-0.1, -0.05) is 13.8 Å². The summed E-state index contributed by atoms with van der Waals surface area (Å²) in [6.07, 6.45) is 3.33. The van der Waals surface area contributed by atoms with Crippen molar-refractivity contribution in [3.8, 4) is 0 Å². The molecule has 0 aliphatic carbocycles. The van der Waals surface area contributed by atoms with Gasteiger partial charge >= 0.3 is 0 Å². The summed E-state index contributed by atoms with van der Waals surface area (Å²) in [5, 5.41) is 0. The summed E-state index contributed by atoms with van der Waals surface area (Å²) in [5.74, 6) is 1.93. The van der Waals surface area contributed by atoms with Crippen LogP contribution < -0.4 is 10.6 Å². The fourth-order valence-electron chi connectivity index (χ4n) is 1.47. The molecule has 1 heterocycles. The Morgan fingerprint density at radius 2 is 1.93 bits per heavy atom. The summed E-state index contributed by atoms with van der Waals surface area (Å²) >= 11 is 0. The predicted octanol–water partition coefficient (Wildman–Crippen LogP) is 1.93. The van der Waals surface area contributed by atoms with Gasteiger partial charge in [-0.2, -0.15) is 0 Å². The topological polar surface area (TPSA) is 55.0 Å². The molecule has 1 rings (SSSR count). The number of rotatable bonds is 4. The molecule has 0 saturated heterocycles. The van der Waals surface area contributed by atoms with Gasteiger partial charge in [0.15, 0.2) is 0 Å². The van der Waals surface area contributed by atoms with Crippen molar-refractivity contribution >= 4 is 11.6 Å². The van der Waals surface area contributed by atoms with Crippen LogP contribution in [0, 0.1) is 5.92 Å². The summed E-state index contributed by atoms with van der Waals surface area (Å²) < 4.78 is 0. The zero-order chi connectivity index (χ0) is 11.4. The van der Waals surface area contributed by atoms with E-state index in [0.717, 1.165) is 12.4 Å². The molecule has 0 saturated carbocycles. The van der Waals surface area contributed by atoms with E-state index in [2.05, 4.69) is 42.6 Å². The van der Waals surface area contributed by atoms with E-state index in [9.17, 15) is 0 Å². The first-order chi connectivity index (χ1) is 7.00. The minimum absolute atomic E-state index is 0.406. The van der Waals surface area contributed by atoms with Gasteiger partial charge in [-0.3, -0.25) is 4.98 Å². The smallest absolute Gasteiger partial charge is 0.149 e. The normalized spacial score (nSPS) is 11.1. The second kappa shape index (κ2) is 4.96. The molecule has 0 aliphatic heterocycles. The van der Waals surface area contributed by atoms with Crippen molar-refractivity contribution in [3.05, 3.63) is 12.4 Å². The molecule has 0 spiro atoms. The van der Waals surface area contributed by atoms with E-state index in [1.165, 1.54) is 0 Å². The molecule has 1 aromatic heterocycles. The summed E-state index contributed by atoms with van der Waals surface area (Å²) in [5.41, 5.74) is 5.63. The van der Waals surface area contributed by atoms with Gasteiger partial charge < -0.3 is 10.6 Å². The standard InChI is InChI=1S/C11H20N4/c1-8(2)7-15(9(3)4)11-6-13-5-10(12)14-11/h5-6,8-9H,7H2,1-4H3,(H2,12,14). The van der Waals surface area contributed by atoms with Crippen LogP contribution in [0.2, 0.25) is 0 Å². The number of hydrogen-bond acceptors (Lipinski definition) is 4. The van der Waals surface area contributed by atoms with Crippen molar-refractivity contribution in [1.82, 2.24) is 9.97 Å². The molecule has 0 aromatic carbocycles. The Morgan fingerprint density at radius 3 is 2.40 bits per heavy atom. The summed E-state index contributed by atoms with van der Waals surface area (Å²) in [6, 6.07) is 0.406. The van der Waals surface area contributed by atoms with Crippen LogP contribution in [-0.4, -0.2) is 22.6 Å². The molecular weight excluding hydrogens is 188 g/mol. The lowest BCUT2D eigenvalue weighted by Gasteiger charge is -2.29. The summed E-state index contributed by atoms with van der Waals surface area (Å²) in [7, 11) is 0. The Kier molecular flexibility index (Phi) is 3.88. The molecule has 0 amide bonds. The number of nitrogens with zero attached hydrogens (tertiary/aromatic N) is 3. The Hall–Kier alpha value is -1.32. The van der Waals surface area contributed by atoms with E-state index in [4.69, 9.17) is 5.73 Å². The van der Waals surface area contributed by atoms with E-state index >= 15 is 0 Å². The minimum atomic E-state index is 0.406. The summed E-state index contributed by atoms with van der Waals surface area (Å²) in [6.45, 7) is 9.64. The monoisotopic (exact) mass is 208 g/mol. The molecule has 0 bridgehead atoms. The molecule has 0 aliphatic rings. The fourth-order valence-corrected chi connectivity index (χ4v) is 1.47. The minimum Gasteiger partial charge on any atom is -0.382 e. The Labute approximate surface area is 91.5 Å². The number of hydrogen-bond donors (Lipinski definition) is 1. The van der Waals surface area contributed by atoms with Crippen LogP contribution in [0.15, 0.2) is 12.4 Å². The van der Waals surface area contributed by atoms with Gasteiger partial charge in [-0.05, 0) is 19.8 Å². The third-order valence-electron chi connectivity index (χ3n) is 2.12. The van der Waals surface area contributed by atoms with Gasteiger partial charge in [-0.15, -0.1) is 0 Å². The molecule has 4 heteroatoms. The van der Waals surface area contributed by atoms with Gasteiger partial charge in [0.05, 0.1) is 12.4 Å². The Balaban J connectivity index is 2.88. The van der Waals surface area contributed by atoms with E-state index in [1.54, 1.807) is 12.4 Å². The molecule has 1 aromatic rings. The van der Waals surface area contributed by atoms with Crippen molar-refractivity contribution in [2.45, 2.75) is 33.7 Å². The van der Waals surface area contributed by atoms with E-state index in [0.29, 0.717) is 17.8 Å². The van der Waals surface area contributed by atoms with Crippen LogP contribution in [0.3, 0.4) is 0 Å². The molecule has 84 valence electrons. The second-order valence-electron chi connectivity index (χ2n) is 4.44. The van der Waals surface area contributed by atoms with Gasteiger partial charge in [0.25, 0.3) is 0 Å². The molecule has 0 radical (unpaired) electrons. The van der Waals surface area contributed by atoms with Crippen LogP contribution in [0.25, 0.3) is 0 Å². The van der Waals surface area contributed by atoms with E-state index in [-0.39, 0.29) is 0 Å². The number of nitrogens with two attached hydrogens (primary N) is 1. The first-order valence-electron chi connectivity index (χ1n) is 5.35.